The van der Waals surface area contributed by atoms with E-state index in [-0.39, 0.29) is 17.3 Å². The summed E-state index contributed by atoms with van der Waals surface area (Å²) in [5.41, 5.74) is 1.03. The smallest absolute Gasteiger partial charge is 0.418 e. The first-order valence-corrected chi connectivity index (χ1v) is 10.7. The van der Waals surface area contributed by atoms with Crippen molar-refractivity contribution in [3.63, 3.8) is 0 Å². The lowest BCUT2D eigenvalue weighted by molar-refractivity contribution is -0.137. The Bertz CT molecular complexity index is 1120. The molecule has 2 heterocycles. The maximum Gasteiger partial charge on any atom is 0.418 e. The Morgan fingerprint density at radius 3 is 2.66 bits per heavy atom. The molecular weight excluding hydrogens is 443 g/mol. The van der Waals surface area contributed by atoms with Crippen molar-refractivity contribution < 1.29 is 22.7 Å². The number of fused-ring (bicyclic) bond motifs is 1. The van der Waals surface area contributed by atoms with E-state index in [9.17, 15) is 18.0 Å². The number of carbonyl (C=O) groups is 1. The van der Waals surface area contributed by atoms with E-state index in [0.29, 0.717) is 19.0 Å². The number of nitrogens with zero attached hydrogens (tertiary/aromatic N) is 1. The lowest BCUT2D eigenvalue weighted by Crippen LogP contribution is -2.38. The van der Waals surface area contributed by atoms with Gasteiger partial charge in [-0.1, -0.05) is 11.6 Å². The van der Waals surface area contributed by atoms with Crippen LogP contribution in [0.3, 0.4) is 0 Å². The number of benzene rings is 2. The first kappa shape index (κ1) is 22.5. The van der Waals surface area contributed by atoms with Gasteiger partial charge in [0.05, 0.1) is 24.9 Å². The summed E-state index contributed by atoms with van der Waals surface area (Å²) >= 11 is 5.69. The zero-order chi connectivity index (χ0) is 22.9. The van der Waals surface area contributed by atoms with Crippen molar-refractivity contribution in [1.29, 1.82) is 0 Å². The molecule has 0 unspecified atom stereocenters. The first-order chi connectivity index (χ1) is 15.2. The van der Waals surface area contributed by atoms with E-state index < -0.39 is 17.6 Å². The molecule has 0 bridgehead atoms. The highest BCUT2D eigenvalue weighted by molar-refractivity contribution is 6.30. The second kappa shape index (κ2) is 9.03. The summed E-state index contributed by atoms with van der Waals surface area (Å²) in [6, 6.07) is 9.25. The fourth-order valence-corrected chi connectivity index (χ4v) is 4.41. The van der Waals surface area contributed by atoms with Crippen LogP contribution < -0.4 is 10.1 Å². The number of ether oxygens (including phenoxy) is 1. The van der Waals surface area contributed by atoms with Crippen molar-refractivity contribution >= 4 is 34.1 Å². The average molecular weight is 466 g/mol. The molecule has 1 aromatic heterocycles. The third-order valence-electron chi connectivity index (χ3n) is 5.88. The largest absolute Gasteiger partial charge is 0.497 e. The number of rotatable bonds is 5. The SMILES string of the molecule is COc1ccc2[nH]cc(C3CCN(CC(=O)Nc4ccc(Cl)cc4C(F)(F)F)CC3)c2c1. The van der Waals surface area contributed by atoms with Gasteiger partial charge >= 0.3 is 6.18 Å². The van der Waals surface area contributed by atoms with E-state index in [1.54, 1.807) is 7.11 Å². The molecule has 1 amide bonds. The lowest BCUT2D eigenvalue weighted by atomic mass is 9.89. The molecule has 3 aromatic rings. The van der Waals surface area contributed by atoms with Gasteiger partial charge in [0.2, 0.25) is 5.91 Å². The van der Waals surface area contributed by atoms with Gasteiger partial charge in [-0.2, -0.15) is 13.2 Å². The van der Waals surface area contributed by atoms with Crippen LogP contribution in [-0.4, -0.2) is 42.5 Å². The van der Waals surface area contributed by atoms with Crippen LogP contribution in [0.25, 0.3) is 10.9 Å². The molecule has 0 aliphatic carbocycles. The third-order valence-corrected chi connectivity index (χ3v) is 6.11. The minimum absolute atomic E-state index is 0.0349. The van der Waals surface area contributed by atoms with Gasteiger partial charge in [-0.3, -0.25) is 9.69 Å². The van der Waals surface area contributed by atoms with Crippen LogP contribution in [0.1, 0.15) is 29.9 Å². The molecule has 2 N–H and O–H groups in total. The zero-order valence-corrected chi connectivity index (χ0v) is 18.2. The van der Waals surface area contributed by atoms with Crippen molar-refractivity contribution in [2.24, 2.45) is 0 Å². The second-order valence-corrected chi connectivity index (χ2v) is 8.38. The number of carbonyl (C=O) groups excluding carboxylic acids is 1. The van der Waals surface area contributed by atoms with E-state index in [1.165, 1.54) is 17.7 Å². The molecule has 9 heteroatoms. The number of halogens is 4. The maximum atomic E-state index is 13.2. The number of likely N-dealkylation sites (tertiary alicyclic amines) is 1. The Labute approximate surface area is 188 Å². The fraction of sp³-hybridized carbons (Fsp3) is 0.348. The van der Waals surface area contributed by atoms with Gasteiger partial charge in [-0.25, -0.2) is 0 Å². The summed E-state index contributed by atoms with van der Waals surface area (Å²) in [6.45, 7) is 1.40. The van der Waals surface area contributed by atoms with Crippen molar-refractivity contribution in [3.8, 4) is 5.75 Å². The normalized spacial score (nSPS) is 15.8. The minimum atomic E-state index is -4.60. The summed E-state index contributed by atoms with van der Waals surface area (Å²) in [6.07, 6.45) is -0.872. The zero-order valence-electron chi connectivity index (χ0n) is 17.4. The van der Waals surface area contributed by atoms with Crippen LogP contribution in [0.5, 0.6) is 5.75 Å². The molecule has 0 spiro atoms. The first-order valence-electron chi connectivity index (χ1n) is 10.3. The predicted octanol–water partition coefficient (Wildman–Crippen LogP) is 5.67. The molecule has 5 nitrogen and oxygen atoms in total. The molecule has 4 rings (SSSR count). The molecule has 170 valence electrons. The monoisotopic (exact) mass is 465 g/mol. The second-order valence-electron chi connectivity index (χ2n) is 7.94. The standard InChI is InChI=1S/C23H23ClF3N3O2/c1-32-16-3-5-20-17(11-16)18(12-28-20)14-6-8-30(9-7-14)13-22(31)29-21-4-2-15(24)10-19(21)23(25,26)27/h2-5,10-12,14,28H,6-9,13H2,1H3,(H,29,31). The van der Waals surface area contributed by atoms with E-state index in [2.05, 4.69) is 10.3 Å². The molecule has 0 atom stereocenters. The van der Waals surface area contributed by atoms with Crippen LogP contribution in [0.4, 0.5) is 18.9 Å². The summed E-state index contributed by atoms with van der Waals surface area (Å²) in [5.74, 6) is 0.657. The quantitative estimate of drug-likeness (QED) is 0.510. The van der Waals surface area contributed by atoms with E-state index in [4.69, 9.17) is 16.3 Å². The van der Waals surface area contributed by atoms with Crippen LogP contribution in [0.2, 0.25) is 5.02 Å². The number of alkyl halides is 3. The van der Waals surface area contributed by atoms with Gasteiger partial charge in [0.15, 0.2) is 0 Å². The Kier molecular flexibility index (Phi) is 6.35. The number of aromatic nitrogens is 1. The van der Waals surface area contributed by atoms with Gasteiger partial charge < -0.3 is 15.0 Å². The number of nitrogens with one attached hydrogen (secondary N) is 2. The van der Waals surface area contributed by atoms with Crippen molar-refractivity contribution in [3.05, 3.63) is 58.7 Å². The van der Waals surface area contributed by atoms with Gasteiger partial charge in [-0.05, 0) is 73.8 Å². The number of hydrogen-bond acceptors (Lipinski definition) is 3. The third kappa shape index (κ3) is 4.86. The summed E-state index contributed by atoms with van der Waals surface area (Å²) in [7, 11) is 1.64. The highest BCUT2D eigenvalue weighted by Gasteiger charge is 2.34. The minimum Gasteiger partial charge on any atom is -0.497 e. The molecule has 0 radical (unpaired) electrons. The Balaban J connectivity index is 1.37. The number of hydrogen-bond donors (Lipinski definition) is 2. The van der Waals surface area contributed by atoms with E-state index in [0.717, 1.165) is 35.6 Å². The van der Waals surface area contributed by atoms with Gasteiger partial charge in [-0.15, -0.1) is 0 Å². The molecule has 1 aliphatic heterocycles. The number of anilines is 1. The maximum absolute atomic E-state index is 13.2. The molecular formula is C23H23ClF3N3O2. The van der Waals surface area contributed by atoms with Crippen LogP contribution >= 0.6 is 11.6 Å². The molecule has 1 fully saturated rings. The van der Waals surface area contributed by atoms with Crippen LogP contribution in [0, 0.1) is 0 Å². The molecule has 1 saturated heterocycles. The highest BCUT2D eigenvalue weighted by atomic mass is 35.5. The Morgan fingerprint density at radius 2 is 1.97 bits per heavy atom. The van der Waals surface area contributed by atoms with Crippen LogP contribution in [-0.2, 0) is 11.0 Å². The lowest BCUT2D eigenvalue weighted by Gasteiger charge is -2.31. The van der Waals surface area contributed by atoms with Gasteiger partial charge in [0.1, 0.15) is 5.75 Å². The topological polar surface area (TPSA) is 57.4 Å². The van der Waals surface area contributed by atoms with Gasteiger partial charge in [0.25, 0.3) is 0 Å². The van der Waals surface area contributed by atoms with Crippen LogP contribution in [0.15, 0.2) is 42.6 Å². The molecule has 32 heavy (non-hydrogen) atoms. The molecule has 1 aliphatic rings. The Morgan fingerprint density at radius 1 is 1.22 bits per heavy atom. The average Bonchev–Trinajstić information content (AvgIpc) is 3.18. The van der Waals surface area contributed by atoms with Crippen molar-refractivity contribution in [2.45, 2.75) is 24.9 Å². The van der Waals surface area contributed by atoms with Crippen molar-refractivity contribution in [2.75, 3.05) is 32.1 Å². The number of piperidine rings is 1. The molecule has 0 saturated carbocycles. The highest BCUT2D eigenvalue weighted by Crippen LogP contribution is 2.37. The number of amides is 1. The van der Waals surface area contributed by atoms with Gasteiger partial charge in [0, 0.05) is 22.1 Å². The van der Waals surface area contributed by atoms with Crippen molar-refractivity contribution in [1.82, 2.24) is 9.88 Å². The fourth-order valence-electron chi connectivity index (χ4n) is 4.24. The number of H-pyrrole nitrogens is 1. The summed E-state index contributed by atoms with van der Waals surface area (Å²) < 4.78 is 45.1. The number of aromatic amines is 1. The van der Waals surface area contributed by atoms with E-state index in [1.807, 2.05) is 29.3 Å². The predicted molar refractivity (Wildman–Crippen MR) is 118 cm³/mol. The van der Waals surface area contributed by atoms with E-state index >= 15 is 0 Å². The summed E-state index contributed by atoms with van der Waals surface area (Å²) in [4.78, 5) is 17.7. The number of methoxy groups -OCH3 is 1. The molecule has 2 aromatic carbocycles. The summed E-state index contributed by atoms with van der Waals surface area (Å²) in [5, 5.41) is 3.48. The Hall–Kier alpha value is -2.71.